The number of nitro benzene ring substituents is 1. The summed E-state index contributed by atoms with van der Waals surface area (Å²) in [5, 5.41) is 10.9. The molecule has 0 saturated carbocycles. The lowest BCUT2D eigenvalue weighted by Gasteiger charge is -2.20. The Kier molecular flexibility index (Phi) is 5.96. The van der Waals surface area contributed by atoms with E-state index in [1.54, 1.807) is 43.4 Å². The highest BCUT2D eigenvalue weighted by molar-refractivity contribution is 7.92. The summed E-state index contributed by atoms with van der Waals surface area (Å²) < 4.78 is 26.6. The Morgan fingerprint density at radius 3 is 2.37 bits per heavy atom. The van der Waals surface area contributed by atoms with Gasteiger partial charge in [0, 0.05) is 51.1 Å². The zero-order chi connectivity index (χ0) is 20.2. The fourth-order valence-corrected chi connectivity index (χ4v) is 3.45. The highest BCUT2D eigenvalue weighted by Crippen LogP contribution is 2.25. The molecule has 0 N–H and O–H groups in total. The van der Waals surface area contributed by atoms with Crippen molar-refractivity contribution in [2.75, 3.05) is 25.4 Å². The van der Waals surface area contributed by atoms with Crippen molar-refractivity contribution in [3.63, 3.8) is 0 Å². The third kappa shape index (κ3) is 4.70. The van der Waals surface area contributed by atoms with E-state index in [0.29, 0.717) is 5.56 Å². The Morgan fingerprint density at radius 1 is 1.07 bits per heavy atom. The number of non-ortho nitro benzene ring substituents is 1. The number of hydrogen-bond acceptors (Lipinski definition) is 6. The Balaban J connectivity index is 2.38. The molecule has 0 fully saturated rings. The van der Waals surface area contributed by atoms with E-state index >= 15 is 0 Å². The zero-order valence-electron chi connectivity index (χ0n) is 15.1. The highest BCUT2D eigenvalue weighted by atomic mass is 32.2. The van der Waals surface area contributed by atoms with Gasteiger partial charge in [-0.3, -0.25) is 19.2 Å². The fourth-order valence-electron chi connectivity index (χ4n) is 2.22. The molecule has 0 aliphatic rings. The van der Waals surface area contributed by atoms with Gasteiger partial charge >= 0.3 is 0 Å². The molecule has 9 heteroatoms. The maximum Gasteiger partial charge on any atom is 0.270 e. The second-order valence-electron chi connectivity index (χ2n) is 5.92. The molecule has 0 amide bonds. The summed E-state index contributed by atoms with van der Waals surface area (Å²) >= 11 is 0. The van der Waals surface area contributed by atoms with E-state index in [2.05, 4.69) is 0 Å². The van der Waals surface area contributed by atoms with Crippen LogP contribution in [0, 0.1) is 10.1 Å². The lowest BCUT2D eigenvalue weighted by Crippen LogP contribution is -2.26. The molecule has 8 nitrogen and oxygen atoms in total. The van der Waals surface area contributed by atoms with E-state index in [9.17, 15) is 23.3 Å². The largest absolute Gasteiger partial charge is 0.383 e. The number of allylic oxidation sites excluding steroid dienone is 1. The van der Waals surface area contributed by atoms with E-state index < -0.39 is 14.9 Å². The van der Waals surface area contributed by atoms with Gasteiger partial charge in [-0.05, 0) is 18.2 Å². The van der Waals surface area contributed by atoms with Crippen LogP contribution in [-0.2, 0) is 10.0 Å². The summed E-state index contributed by atoms with van der Waals surface area (Å²) in [7, 11) is 0.857. The topological polar surface area (TPSA) is 101 Å². The predicted molar refractivity (Wildman–Crippen MR) is 102 cm³/mol. The average molecular weight is 389 g/mol. The van der Waals surface area contributed by atoms with Crippen LogP contribution in [0.15, 0.2) is 65.7 Å². The molecule has 2 aromatic rings. The Bertz CT molecular complexity index is 1000. The van der Waals surface area contributed by atoms with Gasteiger partial charge in [0.2, 0.25) is 0 Å². The number of nitrogens with zero attached hydrogens (tertiary/aromatic N) is 3. The first-order valence-electron chi connectivity index (χ1n) is 7.85. The summed E-state index contributed by atoms with van der Waals surface area (Å²) in [6, 6.07) is 11.0. The maximum absolute atomic E-state index is 12.8. The molecular formula is C18H19N3O5S. The van der Waals surface area contributed by atoms with Crippen LogP contribution in [0.1, 0.15) is 10.4 Å². The molecule has 0 aliphatic carbocycles. The number of benzene rings is 2. The van der Waals surface area contributed by atoms with Gasteiger partial charge in [0.15, 0.2) is 5.78 Å². The zero-order valence-corrected chi connectivity index (χ0v) is 15.9. The number of nitro groups is 1. The number of sulfonamides is 1. The van der Waals surface area contributed by atoms with Crippen LogP contribution >= 0.6 is 0 Å². The smallest absolute Gasteiger partial charge is 0.270 e. The van der Waals surface area contributed by atoms with Crippen molar-refractivity contribution >= 4 is 27.2 Å². The molecule has 0 unspecified atom stereocenters. The minimum Gasteiger partial charge on any atom is -0.383 e. The molecule has 0 radical (unpaired) electrons. The quantitative estimate of drug-likeness (QED) is 0.312. The molecule has 0 aromatic heterocycles. The number of ketones is 1. The maximum atomic E-state index is 12.8. The molecule has 0 saturated heterocycles. The SMILES string of the molecule is CN(C)C=CC(=O)c1cccc(N(C)S(=O)(=O)c2cccc([N+](=O)[O-])c2)c1. The summed E-state index contributed by atoms with van der Waals surface area (Å²) in [5.74, 6) is -0.272. The number of carbonyl (C=O) groups excluding carboxylic acids is 1. The van der Waals surface area contributed by atoms with Crippen molar-refractivity contribution in [3.05, 3.63) is 76.5 Å². The van der Waals surface area contributed by atoms with Crippen LogP contribution in [0.2, 0.25) is 0 Å². The first kappa shape index (κ1) is 20.1. The van der Waals surface area contributed by atoms with E-state index in [4.69, 9.17) is 0 Å². The Morgan fingerprint density at radius 2 is 1.74 bits per heavy atom. The number of anilines is 1. The Hall–Kier alpha value is -3.20. The molecule has 27 heavy (non-hydrogen) atoms. The third-order valence-electron chi connectivity index (χ3n) is 3.71. The van der Waals surface area contributed by atoms with Gasteiger partial charge in [-0.15, -0.1) is 0 Å². The van der Waals surface area contributed by atoms with Crippen LogP contribution < -0.4 is 4.31 Å². The second-order valence-corrected chi connectivity index (χ2v) is 7.89. The van der Waals surface area contributed by atoms with Crippen molar-refractivity contribution in [2.45, 2.75) is 4.90 Å². The van der Waals surface area contributed by atoms with Gasteiger partial charge in [-0.25, -0.2) is 8.42 Å². The van der Waals surface area contributed by atoms with Gasteiger partial charge in [0.1, 0.15) is 0 Å². The van der Waals surface area contributed by atoms with Gasteiger partial charge in [-0.2, -0.15) is 0 Å². The van der Waals surface area contributed by atoms with Crippen molar-refractivity contribution in [1.29, 1.82) is 0 Å². The summed E-state index contributed by atoms with van der Waals surface area (Å²) in [6.45, 7) is 0. The first-order chi connectivity index (χ1) is 12.6. The molecule has 142 valence electrons. The van der Waals surface area contributed by atoms with Crippen molar-refractivity contribution in [1.82, 2.24) is 4.90 Å². The normalized spacial score (nSPS) is 11.4. The average Bonchev–Trinajstić information content (AvgIpc) is 2.65. The van der Waals surface area contributed by atoms with E-state index in [0.717, 1.165) is 10.4 Å². The molecule has 0 heterocycles. The lowest BCUT2D eigenvalue weighted by atomic mass is 10.1. The Labute approximate surface area is 157 Å². The molecule has 0 bridgehead atoms. The van der Waals surface area contributed by atoms with E-state index in [-0.39, 0.29) is 22.1 Å². The minimum absolute atomic E-state index is 0.205. The van der Waals surface area contributed by atoms with Crippen LogP contribution in [0.4, 0.5) is 11.4 Å². The molecule has 0 spiro atoms. The van der Waals surface area contributed by atoms with Crippen LogP contribution in [0.25, 0.3) is 0 Å². The standard InChI is InChI=1S/C18H19N3O5S/c1-19(2)11-10-18(22)14-6-4-7-15(12-14)20(3)27(25,26)17-9-5-8-16(13-17)21(23)24/h4-13H,1-3H3. The van der Waals surface area contributed by atoms with Crippen molar-refractivity contribution < 1.29 is 18.1 Å². The van der Waals surface area contributed by atoms with Crippen molar-refractivity contribution in [2.24, 2.45) is 0 Å². The van der Waals surface area contributed by atoms with Gasteiger partial charge in [-0.1, -0.05) is 18.2 Å². The molecule has 2 rings (SSSR count). The molecular weight excluding hydrogens is 370 g/mol. The molecule has 0 aliphatic heterocycles. The van der Waals surface area contributed by atoms with E-state index in [1.807, 2.05) is 0 Å². The summed E-state index contributed by atoms with van der Waals surface area (Å²) in [4.78, 5) is 24.0. The van der Waals surface area contributed by atoms with Crippen LogP contribution in [0.3, 0.4) is 0 Å². The van der Waals surface area contributed by atoms with E-state index in [1.165, 1.54) is 37.4 Å². The lowest BCUT2D eigenvalue weighted by molar-refractivity contribution is -0.385. The molecule has 0 atom stereocenters. The first-order valence-corrected chi connectivity index (χ1v) is 9.29. The van der Waals surface area contributed by atoms with Gasteiger partial charge in [0.05, 0.1) is 15.5 Å². The van der Waals surface area contributed by atoms with Gasteiger partial charge in [0.25, 0.3) is 15.7 Å². The number of rotatable bonds is 7. The summed E-state index contributed by atoms with van der Waals surface area (Å²) in [6.07, 6.45) is 2.98. The predicted octanol–water partition coefficient (Wildman–Crippen LogP) is 2.68. The highest BCUT2D eigenvalue weighted by Gasteiger charge is 2.23. The van der Waals surface area contributed by atoms with Crippen LogP contribution in [0.5, 0.6) is 0 Å². The fraction of sp³-hybridized carbons (Fsp3) is 0.167. The third-order valence-corrected chi connectivity index (χ3v) is 5.49. The minimum atomic E-state index is -4.02. The molecule has 2 aromatic carbocycles. The second kappa shape index (κ2) is 8.00. The van der Waals surface area contributed by atoms with Crippen molar-refractivity contribution in [3.8, 4) is 0 Å². The van der Waals surface area contributed by atoms with Gasteiger partial charge < -0.3 is 4.90 Å². The summed E-state index contributed by atoms with van der Waals surface area (Å²) in [5.41, 5.74) is 0.277. The van der Waals surface area contributed by atoms with Crippen LogP contribution in [-0.4, -0.2) is 45.2 Å². The number of hydrogen-bond donors (Lipinski definition) is 0. The number of carbonyl (C=O) groups is 1. The monoisotopic (exact) mass is 389 g/mol.